The number of amides is 3. The van der Waals surface area contributed by atoms with Gasteiger partial charge in [0.05, 0.1) is 12.8 Å². The smallest absolute Gasteiger partial charge is 0.319 e. The quantitative estimate of drug-likeness (QED) is 0.623. The summed E-state index contributed by atoms with van der Waals surface area (Å²) in [5.74, 6) is 0.334. The lowest BCUT2D eigenvalue weighted by Crippen LogP contribution is -2.28. The Morgan fingerprint density at radius 3 is 2.33 bits per heavy atom. The first-order valence-electron chi connectivity index (χ1n) is 8.23. The third-order valence-corrected chi connectivity index (χ3v) is 3.64. The molecule has 3 amide bonds. The molecule has 0 aliphatic carbocycles. The summed E-state index contributed by atoms with van der Waals surface area (Å²) < 4.78 is 6.45. The number of urea groups is 1. The SMILES string of the molecule is O=C(Cn1ccccc1=O)Nc1ccc(NC(=O)NCc2ccco2)cc1. The van der Waals surface area contributed by atoms with E-state index in [1.165, 1.54) is 16.9 Å². The standard InChI is InChI=1S/C19H18N4O4/c24-17(13-23-10-2-1-5-18(23)25)21-14-6-8-15(9-7-14)22-19(26)20-12-16-4-3-11-27-16/h1-11H,12-13H2,(H,21,24)(H2,20,22,26). The molecule has 8 heteroatoms. The first-order valence-corrected chi connectivity index (χ1v) is 8.23. The number of carbonyl (C=O) groups excluding carboxylic acids is 2. The van der Waals surface area contributed by atoms with Crippen LogP contribution >= 0.6 is 0 Å². The van der Waals surface area contributed by atoms with E-state index in [0.717, 1.165) is 0 Å². The van der Waals surface area contributed by atoms with E-state index in [9.17, 15) is 14.4 Å². The first-order chi connectivity index (χ1) is 13.1. The highest BCUT2D eigenvalue weighted by Crippen LogP contribution is 2.13. The molecule has 0 saturated carbocycles. The van der Waals surface area contributed by atoms with E-state index in [0.29, 0.717) is 17.1 Å². The molecule has 0 aliphatic rings. The number of nitrogens with zero attached hydrogens (tertiary/aromatic N) is 1. The van der Waals surface area contributed by atoms with Gasteiger partial charge in [0, 0.05) is 23.6 Å². The number of benzene rings is 1. The molecule has 1 aromatic carbocycles. The zero-order valence-corrected chi connectivity index (χ0v) is 14.3. The number of nitrogens with one attached hydrogen (secondary N) is 3. The van der Waals surface area contributed by atoms with Crippen molar-refractivity contribution in [1.29, 1.82) is 0 Å². The highest BCUT2D eigenvalue weighted by atomic mass is 16.3. The van der Waals surface area contributed by atoms with Crippen molar-refractivity contribution in [3.05, 3.63) is 83.2 Å². The number of furan rings is 1. The van der Waals surface area contributed by atoms with E-state index in [-0.39, 0.29) is 30.6 Å². The summed E-state index contributed by atoms with van der Waals surface area (Å²) in [6.45, 7) is 0.209. The highest BCUT2D eigenvalue weighted by molar-refractivity contribution is 5.92. The highest BCUT2D eigenvalue weighted by Gasteiger charge is 2.06. The molecule has 8 nitrogen and oxygen atoms in total. The minimum absolute atomic E-state index is 0.0745. The Labute approximate surface area is 154 Å². The van der Waals surface area contributed by atoms with E-state index in [4.69, 9.17) is 4.42 Å². The fourth-order valence-electron chi connectivity index (χ4n) is 2.34. The third kappa shape index (κ3) is 5.33. The van der Waals surface area contributed by atoms with E-state index in [1.54, 1.807) is 54.7 Å². The normalized spacial score (nSPS) is 10.2. The molecule has 2 aromatic heterocycles. The van der Waals surface area contributed by atoms with E-state index in [1.807, 2.05) is 0 Å². The second kappa shape index (κ2) is 8.52. The van der Waals surface area contributed by atoms with Gasteiger partial charge < -0.3 is 24.9 Å². The number of aromatic nitrogens is 1. The maximum absolute atomic E-state index is 12.0. The largest absolute Gasteiger partial charge is 0.467 e. The zero-order valence-electron chi connectivity index (χ0n) is 14.3. The molecule has 0 unspecified atom stereocenters. The van der Waals surface area contributed by atoms with E-state index >= 15 is 0 Å². The van der Waals surface area contributed by atoms with Crippen LogP contribution in [0.3, 0.4) is 0 Å². The van der Waals surface area contributed by atoms with Crippen molar-refractivity contribution in [3.63, 3.8) is 0 Å². The van der Waals surface area contributed by atoms with Gasteiger partial charge in [-0.2, -0.15) is 0 Å². The monoisotopic (exact) mass is 366 g/mol. The number of pyridine rings is 1. The molecule has 0 fully saturated rings. The van der Waals surface area contributed by atoms with Crippen LogP contribution in [0.4, 0.5) is 16.2 Å². The maximum atomic E-state index is 12.0. The van der Waals surface area contributed by atoms with Crippen molar-refractivity contribution >= 4 is 23.3 Å². The van der Waals surface area contributed by atoms with Crippen molar-refractivity contribution in [2.75, 3.05) is 10.6 Å². The van der Waals surface area contributed by atoms with Gasteiger partial charge in [-0.15, -0.1) is 0 Å². The molecule has 0 saturated heterocycles. The number of rotatable bonds is 6. The second-order valence-electron chi connectivity index (χ2n) is 5.68. The van der Waals surface area contributed by atoms with Crippen LogP contribution in [0.5, 0.6) is 0 Å². The minimum Gasteiger partial charge on any atom is -0.467 e. The molecule has 27 heavy (non-hydrogen) atoms. The predicted molar refractivity (Wildman–Crippen MR) is 100 cm³/mol. The molecular formula is C19H18N4O4. The summed E-state index contributed by atoms with van der Waals surface area (Å²) in [7, 11) is 0. The Morgan fingerprint density at radius 1 is 0.926 bits per heavy atom. The van der Waals surface area contributed by atoms with Gasteiger partial charge in [-0.25, -0.2) is 4.79 Å². The van der Waals surface area contributed by atoms with E-state index in [2.05, 4.69) is 16.0 Å². The molecule has 0 atom stereocenters. The Balaban J connectivity index is 1.49. The van der Waals surface area contributed by atoms with Crippen LogP contribution in [0.25, 0.3) is 0 Å². The average molecular weight is 366 g/mol. The molecule has 0 spiro atoms. The van der Waals surface area contributed by atoms with Gasteiger partial charge in [-0.1, -0.05) is 6.07 Å². The third-order valence-electron chi connectivity index (χ3n) is 3.64. The van der Waals surface area contributed by atoms with Gasteiger partial charge in [0.1, 0.15) is 12.3 Å². The zero-order chi connectivity index (χ0) is 19.1. The Kier molecular flexibility index (Phi) is 5.68. The van der Waals surface area contributed by atoms with Gasteiger partial charge >= 0.3 is 6.03 Å². The van der Waals surface area contributed by atoms with Gasteiger partial charge in [0.2, 0.25) is 5.91 Å². The lowest BCUT2D eigenvalue weighted by atomic mass is 10.2. The molecule has 0 aliphatic heterocycles. The lowest BCUT2D eigenvalue weighted by molar-refractivity contribution is -0.116. The molecular weight excluding hydrogens is 348 g/mol. The second-order valence-corrected chi connectivity index (χ2v) is 5.68. The van der Waals surface area contributed by atoms with Gasteiger partial charge in [0.25, 0.3) is 5.56 Å². The average Bonchev–Trinajstić information content (AvgIpc) is 3.17. The van der Waals surface area contributed by atoms with Gasteiger partial charge in [0.15, 0.2) is 0 Å². The van der Waals surface area contributed by atoms with Crippen molar-refractivity contribution in [2.45, 2.75) is 13.1 Å². The Bertz CT molecular complexity index is 962. The molecule has 3 aromatic rings. The topological polar surface area (TPSA) is 105 Å². The minimum atomic E-state index is -0.369. The van der Waals surface area contributed by atoms with Gasteiger partial charge in [-0.3, -0.25) is 9.59 Å². The van der Waals surface area contributed by atoms with Crippen LogP contribution in [-0.2, 0) is 17.9 Å². The molecule has 2 heterocycles. The van der Waals surface area contributed by atoms with Crippen LogP contribution in [-0.4, -0.2) is 16.5 Å². The van der Waals surface area contributed by atoms with Crippen molar-refractivity contribution in [3.8, 4) is 0 Å². The van der Waals surface area contributed by atoms with Gasteiger partial charge in [-0.05, 0) is 42.5 Å². The Morgan fingerprint density at radius 2 is 1.67 bits per heavy atom. The summed E-state index contributed by atoms with van der Waals surface area (Å²) in [4.78, 5) is 35.5. The first kappa shape index (κ1) is 18.0. The number of hydrogen-bond acceptors (Lipinski definition) is 4. The summed E-state index contributed by atoms with van der Waals surface area (Å²) >= 11 is 0. The molecule has 0 radical (unpaired) electrons. The lowest BCUT2D eigenvalue weighted by Gasteiger charge is -2.09. The number of hydrogen-bond donors (Lipinski definition) is 3. The summed E-state index contributed by atoms with van der Waals surface area (Å²) in [6.07, 6.45) is 3.09. The summed E-state index contributed by atoms with van der Waals surface area (Å²) in [5.41, 5.74) is 0.891. The molecule has 3 N–H and O–H groups in total. The van der Waals surface area contributed by atoms with Crippen LogP contribution < -0.4 is 21.5 Å². The molecule has 0 bridgehead atoms. The van der Waals surface area contributed by atoms with Crippen molar-refractivity contribution < 1.29 is 14.0 Å². The number of carbonyl (C=O) groups is 2. The fraction of sp³-hybridized carbons (Fsp3) is 0.105. The molecule has 138 valence electrons. The van der Waals surface area contributed by atoms with Crippen LogP contribution in [0, 0.1) is 0 Å². The van der Waals surface area contributed by atoms with E-state index < -0.39 is 0 Å². The van der Waals surface area contributed by atoms with Crippen LogP contribution in [0.2, 0.25) is 0 Å². The van der Waals surface area contributed by atoms with Crippen molar-refractivity contribution in [2.24, 2.45) is 0 Å². The number of anilines is 2. The predicted octanol–water partition coefficient (Wildman–Crippen LogP) is 2.40. The summed E-state index contributed by atoms with van der Waals surface area (Å²) in [5, 5.41) is 8.05. The van der Waals surface area contributed by atoms with Crippen LogP contribution in [0.15, 0.2) is 76.3 Å². The maximum Gasteiger partial charge on any atom is 0.319 e. The van der Waals surface area contributed by atoms with Crippen LogP contribution in [0.1, 0.15) is 5.76 Å². The van der Waals surface area contributed by atoms with Crippen molar-refractivity contribution in [1.82, 2.24) is 9.88 Å². The molecule has 3 rings (SSSR count). The Hall–Kier alpha value is -3.81. The summed E-state index contributed by atoms with van der Waals surface area (Å²) in [6, 6.07) is 14.5. The fourth-order valence-corrected chi connectivity index (χ4v) is 2.34.